The molecule has 0 saturated carbocycles. The molecule has 4 aromatic rings. The van der Waals surface area contributed by atoms with Crippen LogP contribution in [0.2, 0.25) is 0 Å². The molecule has 0 bridgehead atoms. The highest BCUT2D eigenvalue weighted by Crippen LogP contribution is 2.30. The van der Waals surface area contributed by atoms with Crippen molar-refractivity contribution in [2.24, 2.45) is 0 Å². The molecule has 0 unspecified atom stereocenters. The van der Waals surface area contributed by atoms with Crippen LogP contribution < -0.4 is 5.32 Å². The first-order chi connectivity index (χ1) is 15.7. The Kier molecular flexibility index (Phi) is 5.90. The van der Waals surface area contributed by atoms with E-state index in [1.165, 1.54) is 42.5 Å². The molecule has 4 rings (SSSR count). The van der Waals surface area contributed by atoms with Gasteiger partial charge in [0.2, 0.25) is 5.95 Å². The monoisotopic (exact) mass is 499 g/mol. The van der Waals surface area contributed by atoms with Crippen LogP contribution in [0.15, 0.2) is 40.2 Å². The van der Waals surface area contributed by atoms with Crippen molar-refractivity contribution in [2.45, 2.75) is 17.9 Å². The summed E-state index contributed by atoms with van der Waals surface area (Å²) in [6.07, 6.45) is 0.859. The van der Waals surface area contributed by atoms with Crippen molar-refractivity contribution < 1.29 is 31.1 Å². The van der Waals surface area contributed by atoms with Gasteiger partial charge in [0, 0.05) is 28.8 Å². The first-order valence-corrected chi connectivity index (χ1v) is 11.2. The van der Waals surface area contributed by atoms with Gasteiger partial charge in [-0.15, -0.1) is 10.2 Å². The third kappa shape index (κ3) is 4.73. The fraction of sp³-hybridized carbons (Fsp3) is 0.176. The Morgan fingerprint density at radius 3 is 2.58 bits per heavy atom. The Morgan fingerprint density at radius 1 is 1.24 bits per heavy atom. The minimum absolute atomic E-state index is 0.0312. The number of fused-ring (bicyclic) bond motifs is 1. The van der Waals surface area contributed by atoms with Gasteiger partial charge in [-0.25, -0.2) is 23.4 Å². The second-order valence-electron chi connectivity index (χ2n) is 6.40. The maximum Gasteiger partial charge on any atom is 0.325 e. The van der Waals surface area contributed by atoms with Gasteiger partial charge >= 0.3 is 12.4 Å². The zero-order valence-corrected chi connectivity index (χ0v) is 18.0. The van der Waals surface area contributed by atoms with Gasteiger partial charge in [-0.2, -0.15) is 8.78 Å². The van der Waals surface area contributed by atoms with Crippen LogP contribution in [0.25, 0.3) is 22.5 Å². The highest BCUT2D eigenvalue weighted by Gasteiger charge is 2.21. The van der Waals surface area contributed by atoms with Gasteiger partial charge in [0.1, 0.15) is 17.0 Å². The molecule has 0 aliphatic heterocycles. The molecule has 0 spiro atoms. The summed E-state index contributed by atoms with van der Waals surface area (Å²) in [5.74, 6) is -1.57. The molecule has 0 amide bonds. The Labute approximate surface area is 188 Å². The fourth-order valence-corrected chi connectivity index (χ4v) is 3.80. The SMILES string of the molecule is COC(=O)Cn1cnc2c(S(=O)(=O)Cl)cc(Nc3ncc(-c4nnc(C(F)F)o4)cn3)cc21. The minimum atomic E-state index is -4.20. The summed E-state index contributed by atoms with van der Waals surface area (Å²) in [6.45, 7) is -0.214. The van der Waals surface area contributed by atoms with Crippen LogP contribution in [0.5, 0.6) is 0 Å². The number of nitrogens with one attached hydrogen (secondary N) is 1. The molecule has 3 aromatic heterocycles. The summed E-state index contributed by atoms with van der Waals surface area (Å²) in [5, 5.41) is 9.53. The topological polar surface area (TPSA) is 155 Å². The van der Waals surface area contributed by atoms with Gasteiger partial charge in [0.05, 0.1) is 24.5 Å². The summed E-state index contributed by atoms with van der Waals surface area (Å²) < 4.78 is 60.2. The summed E-state index contributed by atoms with van der Waals surface area (Å²) in [5.41, 5.74) is 0.753. The maximum absolute atomic E-state index is 12.6. The number of imidazole rings is 1. The number of alkyl halides is 2. The highest BCUT2D eigenvalue weighted by atomic mass is 35.7. The molecular formula is C17H12ClF2N7O5S. The summed E-state index contributed by atoms with van der Waals surface area (Å²) in [7, 11) is 2.58. The number of hydrogen-bond donors (Lipinski definition) is 1. The van der Waals surface area contributed by atoms with Crippen molar-refractivity contribution in [2.75, 3.05) is 12.4 Å². The number of carbonyl (C=O) groups excluding carboxylic acids is 1. The number of hydrogen-bond acceptors (Lipinski definition) is 11. The van der Waals surface area contributed by atoms with E-state index in [9.17, 15) is 22.0 Å². The van der Waals surface area contributed by atoms with Crippen molar-refractivity contribution in [3.05, 3.63) is 36.7 Å². The van der Waals surface area contributed by atoms with Crippen molar-refractivity contribution in [3.8, 4) is 11.5 Å². The second-order valence-corrected chi connectivity index (χ2v) is 8.93. The standard InChI is InChI=1S/C17H12ClF2N7O5S/c1-31-12(28)6-27-7-23-13-10(27)2-9(3-11(13)33(18,29)30)24-17-21-4-8(5-22-17)15-25-26-16(32-15)14(19)20/h2-5,7,14H,6H2,1H3,(H,21,22,24). The molecule has 0 aliphatic rings. The Balaban J connectivity index is 1.67. The quantitative estimate of drug-likeness (QED) is 0.294. The van der Waals surface area contributed by atoms with E-state index in [1.807, 2.05) is 0 Å². The van der Waals surface area contributed by atoms with E-state index in [2.05, 4.69) is 35.2 Å². The predicted octanol–water partition coefficient (Wildman–Crippen LogP) is 2.66. The summed E-state index contributed by atoms with van der Waals surface area (Å²) in [4.78, 5) is 23.5. The van der Waals surface area contributed by atoms with E-state index < -0.39 is 27.3 Å². The summed E-state index contributed by atoms with van der Waals surface area (Å²) >= 11 is 0. The molecule has 0 fully saturated rings. The lowest BCUT2D eigenvalue weighted by Gasteiger charge is -2.09. The number of halogens is 3. The van der Waals surface area contributed by atoms with Crippen LogP contribution in [0, 0.1) is 0 Å². The molecule has 0 saturated heterocycles. The first-order valence-electron chi connectivity index (χ1n) is 8.87. The number of carbonyl (C=O) groups is 1. The number of esters is 1. The van der Waals surface area contributed by atoms with Crippen molar-refractivity contribution >= 4 is 48.4 Å². The van der Waals surface area contributed by atoms with Gasteiger partial charge in [0.15, 0.2) is 0 Å². The second kappa shape index (κ2) is 8.67. The van der Waals surface area contributed by atoms with Crippen LogP contribution in [0.1, 0.15) is 12.3 Å². The van der Waals surface area contributed by atoms with E-state index >= 15 is 0 Å². The van der Waals surface area contributed by atoms with Gasteiger partial charge in [-0.3, -0.25) is 4.79 Å². The maximum atomic E-state index is 12.6. The number of ether oxygens (including phenoxy) is 1. The molecule has 0 atom stereocenters. The average Bonchev–Trinajstić information content (AvgIpc) is 3.41. The number of rotatable bonds is 7. The predicted molar refractivity (Wildman–Crippen MR) is 108 cm³/mol. The largest absolute Gasteiger partial charge is 0.468 e. The van der Waals surface area contributed by atoms with Crippen molar-refractivity contribution in [3.63, 3.8) is 0 Å². The third-order valence-corrected chi connectivity index (χ3v) is 5.60. The van der Waals surface area contributed by atoms with Gasteiger partial charge < -0.3 is 19.0 Å². The molecule has 3 heterocycles. The molecule has 172 valence electrons. The van der Waals surface area contributed by atoms with E-state index in [1.54, 1.807) is 0 Å². The Hall–Kier alpha value is -3.72. The lowest BCUT2D eigenvalue weighted by Crippen LogP contribution is -2.10. The van der Waals surface area contributed by atoms with Crippen LogP contribution in [0.3, 0.4) is 0 Å². The normalized spacial score (nSPS) is 11.8. The average molecular weight is 500 g/mol. The smallest absolute Gasteiger partial charge is 0.325 e. The molecule has 33 heavy (non-hydrogen) atoms. The van der Waals surface area contributed by atoms with Crippen molar-refractivity contribution in [1.82, 2.24) is 29.7 Å². The van der Waals surface area contributed by atoms with Crippen LogP contribution in [-0.4, -0.2) is 51.2 Å². The number of aromatic nitrogens is 6. The summed E-state index contributed by atoms with van der Waals surface area (Å²) in [6, 6.07) is 2.74. The number of anilines is 2. The number of nitrogens with zero attached hydrogens (tertiary/aromatic N) is 6. The zero-order chi connectivity index (χ0) is 23.8. The number of benzene rings is 1. The minimum Gasteiger partial charge on any atom is -0.468 e. The third-order valence-electron chi connectivity index (χ3n) is 4.26. The van der Waals surface area contributed by atoms with E-state index in [4.69, 9.17) is 15.1 Å². The molecule has 1 aromatic carbocycles. The van der Waals surface area contributed by atoms with Crippen LogP contribution in [-0.2, 0) is 25.1 Å². The Morgan fingerprint density at radius 2 is 1.97 bits per heavy atom. The van der Waals surface area contributed by atoms with Crippen LogP contribution in [0.4, 0.5) is 20.4 Å². The van der Waals surface area contributed by atoms with Gasteiger partial charge in [-0.1, -0.05) is 0 Å². The lowest BCUT2D eigenvalue weighted by molar-refractivity contribution is -0.141. The first kappa shape index (κ1) is 22.5. The zero-order valence-electron chi connectivity index (χ0n) is 16.4. The Bertz CT molecular complexity index is 1440. The fourth-order valence-electron chi connectivity index (χ4n) is 2.79. The lowest BCUT2D eigenvalue weighted by atomic mass is 10.2. The van der Waals surface area contributed by atoms with E-state index in [-0.39, 0.29) is 45.6 Å². The van der Waals surface area contributed by atoms with Crippen LogP contribution >= 0.6 is 10.7 Å². The molecule has 1 N–H and O–H groups in total. The molecule has 0 radical (unpaired) electrons. The van der Waals surface area contributed by atoms with E-state index in [0.717, 1.165) is 0 Å². The van der Waals surface area contributed by atoms with Gasteiger partial charge in [-0.05, 0) is 12.1 Å². The molecule has 0 aliphatic carbocycles. The van der Waals surface area contributed by atoms with Crippen molar-refractivity contribution in [1.29, 1.82) is 0 Å². The highest BCUT2D eigenvalue weighted by molar-refractivity contribution is 8.14. The molecule has 16 heteroatoms. The molecular weight excluding hydrogens is 488 g/mol. The number of methoxy groups -OCH3 is 1. The molecule has 12 nitrogen and oxygen atoms in total. The van der Waals surface area contributed by atoms with E-state index in [0.29, 0.717) is 0 Å². The van der Waals surface area contributed by atoms with Gasteiger partial charge in [0.25, 0.3) is 20.8 Å².